The average molecular weight is 231 g/mol. The van der Waals surface area contributed by atoms with E-state index in [0.717, 1.165) is 34.8 Å². The first-order valence-electron chi connectivity index (χ1n) is 5.74. The zero-order chi connectivity index (χ0) is 12.6. The molecule has 1 unspecified atom stereocenters. The van der Waals surface area contributed by atoms with Crippen molar-refractivity contribution in [3.8, 4) is 0 Å². The van der Waals surface area contributed by atoms with Crippen molar-refractivity contribution in [3.63, 3.8) is 0 Å². The second kappa shape index (κ2) is 4.24. The van der Waals surface area contributed by atoms with Crippen LogP contribution in [-0.2, 0) is 0 Å². The van der Waals surface area contributed by atoms with Crippen LogP contribution in [0.15, 0.2) is 22.6 Å². The van der Waals surface area contributed by atoms with Crippen molar-refractivity contribution >= 4 is 6.29 Å². The standard InChI is InChI=1S/C14H17NO2/c1-9-7-13(8-16)11(3)15(9)12(4)14-6-5-10(2)17-14/h5-8,12H,1-4H3. The third kappa shape index (κ3) is 1.93. The fourth-order valence-electron chi connectivity index (χ4n) is 2.32. The molecule has 0 radical (unpaired) electrons. The Bertz CT molecular complexity index is 549. The van der Waals surface area contributed by atoms with E-state index in [4.69, 9.17) is 4.42 Å². The van der Waals surface area contributed by atoms with Crippen molar-refractivity contribution in [1.29, 1.82) is 0 Å². The maximum atomic E-state index is 10.9. The number of aldehydes is 1. The highest BCUT2D eigenvalue weighted by Crippen LogP contribution is 2.25. The molecule has 3 heteroatoms. The molecule has 2 rings (SSSR count). The molecule has 0 aromatic carbocycles. The maximum Gasteiger partial charge on any atom is 0.151 e. The summed E-state index contributed by atoms with van der Waals surface area (Å²) >= 11 is 0. The van der Waals surface area contributed by atoms with Crippen LogP contribution in [-0.4, -0.2) is 10.9 Å². The number of carbonyl (C=O) groups excluding carboxylic acids is 1. The van der Waals surface area contributed by atoms with Crippen molar-refractivity contribution < 1.29 is 9.21 Å². The molecule has 0 aliphatic heterocycles. The zero-order valence-corrected chi connectivity index (χ0v) is 10.7. The summed E-state index contributed by atoms with van der Waals surface area (Å²) in [5.41, 5.74) is 2.81. The molecule has 0 saturated carbocycles. The van der Waals surface area contributed by atoms with E-state index >= 15 is 0 Å². The number of aryl methyl sites for hydroxylation is 2. The Morgan fingerprint density at radius 3 is 2.47 bits per heavy atom. The molecule has 2 aromatic heterocycles. The minimum absolute atomic E-state index is 0.109. The molecular weight excluding hydrogens is 214 g/mol. The van der Waals surface area contributed by atoms with Crippen LogP contribution in [0.5, 0.6) is 0 Å². The molecule has 0 spiro atoms. The zero-order valence-electron chi connectivity index (χ0n) is 10.7. The lowest BCUT2D eigenvalue weighted by Gasteiger charge is -2.16. The molecule has 90 valence electrons. The van der Waals surface area contributed by atoms with Gasteiger partial charge in [0.25, 0.3) is 0 Å². The van der Waals surface area contributed by atoms with Crippen molar-refractivity contribution in [1.82, 2.24) is 4.57 Å². The molecular formula is C14H17NO2. The van der Waals surface area contributed by atoms with Gasteiger partial charge in [0.2, 0.25) is 0 Å². The van der Waals surface area contributed by atoms with Crippen LogP contribution in [0, 0.1) is 20.8 Å². The van der Waals surface area contributed by atoms with Crippen molar-refractivity contribution in [2.75, 3.05) is 0 Å². The van der Waals surface area contributed by atoms with E-state index in [1.165, 1.54) is 0 Å². The number of rotatable bonds is 3. The fourth-order valence-corrected chi connectivity index (χ4v) is 2.32. The monoisotopic (exact) mass is 231 g/mol. The lowest BCUT2D eigenvalue weighted by Crippen LogP contribution is -2.09. The van der Waals surface area contributed by atoms with E-state index in [0.29, 0.717) is 0 Å². The molecule has 0 bridgehead atoms. The summed E-state index contributed by atoms with van der Waals surface area (Å²) in [7, 11) is 0. The molecule has 17 heavy (non-hydrogen) atoms. The average Bonchev–Trinajstić information content (AvgIpc) is 2.83. The smallest absolute Gasteiger partial charge is 0.151 e. The van der Waals surface area contributed by atoms with Gasteiger partial charge in [-0.2, -0.15) is 0 Å². The molecule has 0 amide bonds. The second-order valence-electron chi connectivity index (χ2n) is 4.44. The van der Waals surface area contributed by atoms with Crippen molar-refractivity contribution in [2.24, 2.45) is 0 Å². The fraction of sp³-hybridized carbons (Fsp3) is 0.357. The predicted molar refractivity (Wildman–Crippen MR) is 66.6 cm³/mol. The summed E-state index contributed by atoms with van der Waals surface area (Å²) in [6, 6.07) is 5.96. The van der Waals surface area contributed by atoms with Gasteiger partial charge in [-0.05, 0) is 45.9 Å². The quantitative estimate of drug-likeness (QED) is 0.758. The molecule has 0 saturated heterocycles. The Kier molecular flexibility index (Phi) is 2.92. The molecule has 3 nitrogen and oxygen atoms in total. The first-order chi connectivity index (χ1) is 8.04. The number of hydrogen-bond acceptors (Lipinski definition) is 2. The van der Waals surface area contributed by atoms with E-state index in [-0.39, 0.29) is 6.04 Å². The summed E-state index contributed by atoms with van der Waals surface area (Å²) < 4.78 is 7.77. The Hall–Kier alpha value is -1.77. The maximum absolute atomic E-state index is 10.9. The van der Waals surface area contributed by atoms with Crippen LogP contribution in [0.1, 0.15) is 46.2 Å². The molecule has 0 fully saturated rings. The molecule has 2 heterocycles. The molecule has 2 aromatic rings. The highest BCUT2D eigenvalue weighted by Gasteiger charge is 2.17. The minimum Gasteiger partial charge on any atom is -0.464 e. The van der Waals surface area contributed by atoms with Gasteiger partial charge in [-0.25, -0.2) is 0 Å². The van der Waals surface area contributed by atoms with Gasteiger partial charge in [-0.1, -0.05) is 0 Å². The van der Waals surface area contributed by atoms with E-state index < -0.39 is 0 Å². The summed E-state index contributed by atoms with van der Waals surface area (Å²) in [4.78, 5) is 10.9. The Balaban J connectivity index is 2.46. The largest absolute Gasteiger partial charge is 0.464 e. The van der Waals surface area contributed by atoms with Gasteiger partial charge in [0, 0.05) is 17.0 Å². The Labute approximate surface area is 101 Å². The van der Waals surface area contributed by atoms with E-state index in [9.17, 15) is 4.79 Å². The highest BCUT2D eigenvalue weighted by atomic mass is 16.3. The third-order valence-corrected chi connectivity index (χ3v) is 3.21. The van der Waals surface area contributed by atoms with Crippen LogP contribution in [0.2, 0.25) is 0 Å². The molecule has 1 atom stereocenters. The number of aromatic nitrogens is 1. The predicted octanol–water partition coefficient (Wildman–Crippen LogP) is 3.43. The van der Waals surface area contributed by atoms with Crippen LogP contribution in [0.25, 0.3) is 0 Å². The number of nitrogens with zero attached hydrogens (tertiary/aromatic N) is 1. The third-order valence-electron chi connectivity index (χ3n) is 3.21. The van der Waals surface area contributed by atoms with Gasteiger partial charge in [-0.3, -0.25) is 4.79 Å². The van der Waals surface area contributed by atoms with E-state index in [1.54, 1.807) is 0 Å². The summed E-state index contributed by atoms with van der Waals surface area (Å²) in [5, 5.41) is 0. The topological polar surface area (TPSA) is 35.1 Å². The minimum atomic E-state index is 0.109. The van der Waals surface area contributed by atoms with E-state index in [2.05, 4.69) is 11.5 Å². The van der Waals surface area contributed by atoms with Crippen LogP contribution in [0.4, 0.5) is 0 Å². The first kappa shape index (κ1) is 11.7. The molecule has 0 N–H and O–H groups in total. The second-order valence-corrected chi connectivity index (χ2v) is 4.44. The van der Waals surface area contributed by atoms with Gasteiger partial charge in [0.05, 0.1) is 6.04 Å². The van der Waals surface area contributed by atoms with Crippen LogP contribution < -0.4 is 0 Å². The molecule has 0 aliphatic rings. The lowest BCUT2D eigenvalue weighted by atomic mass is 10.2. The summed E-state index contributed by atoms with van der Waals surface area (Å²) in [6.07, 6.45) is 0.902. The highest BCUT2D eigenvalue weighted by molar-refractivity contribution is 5.77. The Morgan fingerprint density at radius 2 is 2.00 bits per heavy atom. The Morgan fingerprint density at radius 1 is 1.29 bits per heavy atom. The van der Waals surface area contributed by atoms with Crippen LogP contribution >= 0.6 is 0 Å². The van der Waals surface area contributed by atoms with Gasteiger partial charge in [-0.15, -0.1) is 0 Å². The van der Waals surface area contributed by atoms with Gasteiger partial charge in [0.1, 0.15) is 11.5 Å². The first-order valence-corrected chi connectivity index (χ1v) is 5.74. The summed E-state index contributed by atoms with van der Waals surface area (Å²) in [6.45, 7) is 7.98. The SMILES string of the molecule is Cc1ccc(C(C)n2c(C)cc(C=O)c2C)o1. The van der Waals surface area contributed by atoms with Crippen molar-refractivity contribution in [3.05, 3.63) is 46.7 Å². The number of carbonyl (C=O) groups is 1. The normalized spacial score (nSPS) is 12.7. The number of hydrogen-bond donors (Lipinski definition) is 0. The van der Waals surface area contributed by atoms with Gasteiger partial charge < -0.3 is 8.98 Å². The van der Waals surface area contributed by atoms with Crippen LogP contribution in [0.3, 0.4) is 0 Å². The van der Waals surface area contributed by atoms with E-state index in [1.807, 2.05) is 39.0 Å². The lowest BCUT2D eigenvalue weighted by molar-refractivity contribution is 0.112. The number of furan rings is 1. The summed E-state index contributed by atoms with van der Waals surface area (Å²) in [5.74, 6) is 1.83. The van der Waals surface area contributed by atoms with Crippen molar-refractivity contribution in [2.45, 2.75) is 33.7 Å². The molecule has 0 aliphatic carbocycles. The van der Waals surface area contributed by atoms with Gasteiger partial charge in [0.15, 0.2) is 6.29 Å². The van der Waals surface area contributed by atoms with Gasteiger partial charge >= 0.3 is 0 Å².